The lowest BCUT2D eigenvalue weighted by Gasteiger charge is -2.28. The molecule has 4 unspecified atom stereocenters. The van der Waals surface area contributed by atoms with Crippen LogP contribution in [-0.2, 0) is 10.8 Å². The van der Waals surface area contributed by atoms with Gasteiger partial charge >= 0.3 is 0 Å². The molecule has 0 aromatic heterocycles. The second kappa shape index (κ2) is 6.87. The van der Waals surface area contributed by atoms with Crippen LogP contribution in [0.25, 0.3) is 0 Å². The first-order chi connectivity index (χ1) is 9.90. The van der Waals surface area contributed by atoms with Gasteiger partial charge in [-0.3, -0.25) is 9.00 Å². The van der Waals surface area contributed by atoms with Crippen LogP contribution < -0.4 is 0 Å². The molecule has 0 aliphatic heterocycles. The molecule has 2 rings (SSSR count). The van der Waals surface area contributed by atoms with E-state index in [-0.39, 0.29) is 11.0 Å². The molecule has 0 heterocycles. The molecule has 0 saturated heterocycles. The van der Waals surface area contributed by atoms with Gasteiger partial charge in [-0.25, -0.2) is 0 Å². The van der Waals surface area contributed by atoms with Gasteiger partial charge in [-0.05, 0) is 51.2 Å². The summed E-state index contributed by atoms with van der Waals surface area (Å²) in [6.45, 7) is 7.99. The van der Waals surface area contributed by atoms with Gasteiger partial charge in [0.15, 0.2) is 5.78 Å². The van der Waals surface area contributed by atoms with Crippen molar-refractivity contribution in [3.63, 3.8) is 0 Å². The smallest absolute Gasteiger partial charge is 0.178 e. The third-order valence-corrected chi connectivity index (χ3v) is 6.59. The Hall–Kier alpha value is -0.960. The van der Waals surface area contributed by atoms with Crippen molar-refractivity contribution in [2.45, 2.75) is 63.9 Å². The van der Waals surface area contributed by atoms with Crippen molar-refractivity contribution < 1.29 is 9.00 Å². The molecule has 4 atom stereocenters. The lowest BCUT2D eigenvalue weighted by atomic mass is 9.90. The van der Waals surface area contributed by atoms with Crippen LogP contribution in [0.2, 0.25) is 0 Å². The van der Waals surface area contributed by atoms with E-state index >= 15 is 0 Å². The molecule has 1 aromatic rings. The van der Waals surface area contributed by atoms with Crippen LogP contribution in [0.3, 0.4) is 0 Å². The maximum Gasteiger partial charge on any atom is 0.178 e. The molecule has 0 amide bonds. The quantitative estimate of drug-likeness (QED) is 0.781. The summed E-state index contributed by atoms with van der Waals surface area (Å²) in [5, 5.41) is -0.210. The van der Waals surface area contributed by atoms with E-state index in [2.05, 4.69) is 6.92 Å². The Morgan fingerprint density at radius 2 is 2.00 bits per heavy atom. The minimum atomic E-state index is -1.07. The summed E-state index contributed by atoms with van der Waals surface area (Å²) in [6, 6.07) is 5.91. The molecule has 21 heavy (non-hydrogen) atoms. The van der Waals surface area contributed by atoms with Gasteiger partial charge in [-0.15, -0.1) is 0 Å². The minimum Gasteiger partial charge on any atom is -0.293 e. The summed E-state index contributed by atoms with van der Waals surface area (Å²) in [4.78, 5) is 12.7. The summed E-state index contributed by atoms with van der Waals surface area (Å²) in [5.41, 5.74) is 2.79. The Kier molecular flexibility index (Phi) is 5.37. The normalized spacial score (nSPS) is 25.3. The second-order valence-corrected chi connectivity index (χ2v) is 8.58. The predicted octanol–water partition coefficient (Wildman–Crippen LogP) is 4.20. The summed E-state index contributed by atoms with van der Waals surface area (Å²) in [5.74, 6) is 0.670. The first-order valence-electron chi connectivity index (χ1n) is 7.91. The van der Waals surface area contributed by atoms with Gasteiger partial charge in [-0.2, -0.15) is 0 Å². The molecule has 0 radical (unpaired) electrons. The zero-order chi connectivity index (χ0) is 15.6. The molecular formula is C18H26O2S. The molecule has 0 spiro atoms. The second-order valence-electron chi connectivity index (χ2n) is 6.55. The number of Topliss-reactive ketones (excluding diaryl/α,β-unsaturated/α-hetero) is 1. The number of benzene rings is 1. The first kappa shape index (κ1) is 16.4. The maximum atomic E-state index is 12.7. The van der Waals surface area contributed by atoms with Crippen LogP contribution in [0, 0.1) is 19.8 Å². The van der Waals surface area contributed by atoms with Gasteiger partial charge in [0.05, 0.1) is 5.25 Å². The number of hydrogen-bond donors (Lipinski definition) is 0. The Morgan fingerprint density at radius 3 is 2.67 bits per heavy atom. The predicted molar refractivity (Wildman–Crippen MR) is 89.3 cm³/mol. The molecule has 1 aliphatic rings. The molecule has 1 saturated carbocycles. The minimum absolute atomic E-state index is 0.0350. The lowest BCUT2D eigenvalue weighted by molar-refractivity contribution is 0.0991. The van der Waals surface area contributed by atoms with Crippen LogP contribution in [0.15, 0.2) is 18.2 Å². The zero-order valence-electron chi connectivity index (χ0n) is 13.5. The van der Waals surface area contributed by atoms with Crippen LogP contribution >= 0.6 is 0 Å². The first-order valence-corrected chi connectivity index (χ1v) is 9.18. The average Bonchev–Trinajstić information content (AvgIpc) is 2.47. The van der Waals surface area contributed by atoms with E-state index in [1.807, 2.05) is 39.0 Å². The van der Waals surface area contributed by atoms with E-state index in [0.717, 1.165) is 36.0 Å². The topological polar surface area (TPSA) is 34.1 Å². The number of carbonyl (C=O) groups excluding carboxylic acids is 1. The van der Waals surface area contributed by atoms with Crippen LogP contribution in [0.4, 0.5) is 0 Å². The summed E-state index contributed by atoms with van der Waals surface area (Å²) in [6.07, 6.45) is 4.37. The van der Waals surface area contributed by atoms with Crippen LogP contribution in [0.1, 0.15) is 61.0 Å². The standard InChI is InChI=1S/C18H26O2S/c1-12-6-5-7-16(10-12)21(20)15(4)18(19)17-11-13(2)8-9-14(17)3/h8-9,11-12,15-16H,5-7,10H2,1-4H3. The third kappa shape index (κ3) is 3.82. The highest BCUT2D eigenvalue weighted by molar-refractivity contribution is 7.87. The molecule has 1 fully saturated rings. The SMILES string of the molecule is Cc1ccc(C)c(C(=O)C(C)S(=O)C2CCCC(C)C2)c1. The summed E-state index contributed by atoms with van der Waals surface area (Å²) >= 11 is 0. The Labute approximate surface area is 130 Å². The highest BCUT2D eigenvalue weighted by atomic mass is 32.2. The molecule has 2 nitrogen and oxygen atoms in total. The van der Waals surface area contributed by atoms with Gasteiger partial charge < -0.3 is 0 Å². The molecular weight excluding hydrogens is 280 g/mol. The van der Waals surface area contributed by atoms with Gasteiger partial charge in [0.1, 0.15) is 0 Å². The highest BCUT2D eigenvalue weighted by Gasteiger charge is 2.31. The third-order valence-electron chi connectivity index (χ3n) is 4.59. The molecule has 116 valence electrons. The molecule has 0 N–H and O–H groups in total. The van der Waals surface area contributed by atoms with Crippen LogP contribution in [0.5, 0.6) is 0 Å². The fraction of sp³-hybridized carbons (Fsp3) is 0.611. The van der Waals surface area contributed by atoms with Crippen molar-refractivity contribution in [2.75, 3.05) is 0 Å². The average molecular weight is 306 g/mol. The number of ketones is 1. The van der Waals surface area contributed by atoms with Crippen LogP contribution in [-0.4, -0.2) is 20.5 Å². The van der Waals surface area contributed by atoms with E-state index in [1.54, 1.807) is 0 Å². The van der Waals surface area contributed by atoms with Crippen molar-refractivity contribution >= 4 is 16.6 Å². The van der Waals surface area contributed by atoms with Gasteiger partial charge in [0.25, 0.3) is 0 Å². The van der Waals surface area contributed by atoms with E-state index in [4.69, 9.17) is 0 Å². The number of hydrogen-bond acceptors (Lipinski definition) is 2. The lowest BCUT2D eigenvalue weighted by Crippen LogP contribution is -2.33. The van der Waals surface area contributed by atoms with Crippen molar-refractivity contribution in [3.8, 4) is 0 Å². The largest absolute Gasteiger partial charge is 0.293 e. The fourth-order valence-corrected chi connectivity index (χ4v) is 5.04. The molecule has 3 heteroatoms. The number of rotatable bonds is 4. The Bertz CT molecular complexity index is 550. The number of aryl methyl sites for hydroxylation is 2. The highest BCUT2D eigenvalue weighted by Crippen LogP contribution is 2.29. The van der Waals surface area contributed by atoms with E-state index < -0.39 is 16.0 Å². The van der Waals surface area contributed by atoms with Crippen molar-refractivity contribution in [1.82, 2.24) is 0 Å². The monoisotopic (exact) mass is 306 g/mol. The van der Waals surface area contributed by atoms with Crippen molar-refractivity contribution in [2.24, 2.45) is 5.92 Å². The van der Waals surface area contributed by atoms with Crippen molar-refractivity contribution in [1.29, 1.82) is 0 Å². The molecule has 1 aliphatic carbocycles. The van der Waals surface area contributed by atoms with Gasteiger partial charge in [0.2, 0.25) is 0 Å². The fourth-order valence-electron chi connectivity index (χ4n) is 3.20. The van der Waals surface area contributed by atoms with Gasteiger partial charge in [-0.1, -0.05) is 37.5 Å². The molecule has 0 bridgehead atoms. The van der Waals surface area contributed by atoms with Gasteiger partial charge in [0, 0.05) is 21.6 Å². The van der Waals surface area contributed by atoms with E-state index in [0.29, 0.717) is 5.92 Å². The summed E-state index contributed by atoms with van der Waals surface area (Å²) < 4.78 is 12.7. The van der Waals surface area contributed by atoms with E-state index in [9.17, 15) is 9.00 Å². The summed E-state index contributed by atoms with van der Waals surface area (Å²) in [7, 11) is -1.07. The van der Waals surface area contributed by atoms with Crippen molar-refractivity contribution in [3.05, 3.63) is 34.9 Å². The molecule has 1 aromatic carbocycles. The Balaban J connectivity index is 2.14. The number of carbonyl (C=O) groups is 1. The van der Waals surface area contributed by atoms with E-state index in [1.165, 1.54) is 6.42 Å². The maximum absolute atomic E-state index is 12.7. The zero-order valence-corrected chi connectivity index (χ0v) is 14.3. The Morgan fingerprint density at radius 1 is 1.29 bits per heavy atom.